The second kappa shape index (κ2) is 13.4. The fourth-order valence-electron chi connectivity index (χ4n) is 5.25. The van der Waals surface area contributed by atoms with Crippen molar-refractivity contribution >= 4 is 38.9 Å². The first kappa shape index (κ1) is 29.5. The summed E-state index contributed by atoms with van der Waals surface area (Å²) in [5.41, 5.74) is 2.14. The first-order valence-electron chi connectivity index (χ1n) is 14.4. The van der Waals surface area contributed by atoms with Crippen molar-refractivity contribution in [2.45, 2.75) is 5.54 Å². The van der Waals surface area contributed by atoms with Crippen LogP contribution in [-0.2, 0) is 22.2 Å². The van der Waals surface area contributed by atoms with E-state index in [2.05, 4.69) is 51.9 Å². The molecule has 6 rings (SSSR count). The Morgan fingerprint density at radius 1 is 0.867 bits per heavy atom. The normalized spacial score (nSPS) is 11.7. The Bertz CT molecular complexity index is 1830. The molecule has 0 saturated heterocycles. The summed E-state index contributed by atoms with van der Waals surface area (Å²) in [6.07, 6.45) is 4.01. The topological polar surface area (TPSA) is 96.9 Å². The summed E-state index contributed by atoms with van der Waals surface area (Å²) in [7, 11) is 1.98. The Balaban J connectivity index is 1.21. The van der Waals surface area contributed by atoms with Crippen LogP contribution < -0.4 is 14.6 Å². The van der Waals surface area contributed by atoms with Gasteiger partial charge in [-0.15, -0.1) is 11.3 Å². The zero-order chi connectivity index (χ0) is 31.1. The summed E-state index contributed by atoms with van der Waals surface area (Å²) in [5, 5.41) is 21.9. The van der Waals surface area contributed by atoms with Gasteiger partial charge >= 0.3 is 5.97 Å². The molecule has 0 fully saturated rings. The molecule has 6 aromatic rings. The highest BCUT2D eigenvalue weighted by molar-refractivity contribution is 7.14. The second-order valence-electron chi connectivity index (χ2n) is 10.3. The van der Waals surface area contributed by atoms with E-state index in [-0.39, 0.29) is 24.6 Å². The number of pyridine rings is 1. The number of fused-ring (bicyclic) bond motifs is 1. The third-order valence-electron chi connectivity index (χ3n) is 7.35. The molecule has 8 nitrogen and oxygen atoms in total. The molecule has 9 heteroatoms. The summed E-state index contributed by atoms with van der Waals surface area (Å²) >= 11 is 1.30. The molecule has 0 radical (unpaired) electrons. The summed E-state index contributed by atoms with van der Waals surface area (Å²) in [5.74, 6) is -0.549. The highest BCUT2D eigenvalue weighted by atomic mass is 32.1. The molecule has 0 aliphatic heterocycles. The highest BCUT2D eigenvalue weighted by Gasteiger charge is 2.37. The maximum atomic E-state index is 12.2. The lowest BCUT2D eigenvalue weighted by atomic mass is 9.77. The average molecular weight is 616 g/mol. The standard InChI is InChI=1S/C36H30N4O4S/c1-40-20-19-26-23-31(18-17-27(26)24-40)43-21-22-44-39-33(34(41)42)32-25-45-35(37-32)38-36(28-11-5-2-6-12-28,29-13-7-3-8-14-29)30-15-9-4-10-16-30/h2-20,23-25H,21-22H2,1H3,(H-,37,38,41,42)/p+1/b39-33-. The lowest BCUT2D eigenvalue weighted by Gasteiger charge is -2.36. The Hall–Kier alpha value is -5.54. The van der Waals surface area contributed by atoms with E-state index < -0.39 is 11.5 Å². The zero-order valence-electron chi connectivity index (χ0n) is 24.5. The second-order valence-corrected chi connectivity index (χ2v) is 11.2. The molecule has 0 bridgehead atoms. The lowest BCUT2D eigenvalue weighted by Crippen LogP contribution is -2.38. The zero-order valence-corrected chi connectivity index (χ0v) is 25.4. The molecule has 0 unspecified atom stereocenters. The van der Waals surface area contributed by atoms with Crippen LogP contribution in [0.15, 0.2) is 138 Å². The molecule has 224 valence electrons. The van der Waals surface area contributed by atoms with Crippen LogP contribution in [0, 0.1) is 0 Å². The number of nitrogens with one attached hydrogen (secondary N) is 1. The van der Waals surface area contributed by atoms with Gasteiger partial charge in [-0.3, -0.25) is 0 Å². The van der Waals surface area contributed by atoms with Crippen molar-refractivity contribution in [3.05, 3.63) is 155 Å². The van der Waals surface area contributed by atoms with Gasteiger partial charge in [-0.1, -0.05) is 96.2 Å². The summed E-state index contributed by atoms with van der Waals surface area (Å²) in [4.78, 5) is 22.2. The number of ether oxygens (including phenoxy) is 1. The van der Waals surface area contributed by atoms with E-state index in [1.807, 2.05) is 103 Å². The predicted molar refractivity (Wildman–Crippen MR) is 176 cm³/mol. The number of benzene rings is 4. The van der Waals surface area contributed by atoms with E-state index >= 15 is 0 Å². The molecule has 0 aliphatic rings. The van der Waals surface area contributed by atoms with Crippen LogP contribution >= 0.6 is 11.3 Å². The van der Waals surface area contributed by atoms with Crippen LogP contribution in [0.1, 0.15) is 22.4 Å². The van der Waals surface area contributed by atoms with Crippen molar-refractivity contribution in [3.63, 3.8) is 0 Å². The highest BCUT2D eigenvalue weighted by Crippen LogP contribution is 2.40. The molecule has 2 heterocycles. The van der Waals surface area contributed by atoms with Crippen LogP contribution in [0.3, 0.4) is 0 Å². The molecule has 0 spiro atoms. The van der Waals surface area contributed by atoms with Crippen molar-refractivity contribution in [2.75, 3.05) is 18.5 Å². The number of thiazole rings is 1. The Kier molecular flexibility index (Phi) is 8.79. The third-order valence-corrected chi connectivity index (χ3v) is 8.11. The van der Waals surface area contributed by atoms with Crippen LogP contribution in [-0.4, -0.2) is 35.0 Å². The largest absolute Gasteiger partial charge is 0.490 e. The third kappa shape index (κ3) is 6.53. The van der Waals surface area contributed by atoms with Gasteiger partial charge in [-0.05, 0) is 40.3 Å². The van der Waals surface area contributed by atoms with E-state index in [1.54, 1.807) is 5.38 Å². The molecular weight excluding hydrogens is 584 g/mol. The summed E-state index contributed by atoms with van der Waals surface area (Å²) < 4.78 is 7.79. The molecule has 0 atom stereocenters. The van der Waals surface area contributed by atoms with Crippen molar-refractivity contribution in [1.29, 1.82) is 0 Å². The molecule has 0 amide bonds. The number of aromatic nitrogens is 2. The van der Waals surface area contributed by atoms with Crippen LogP contribution in [0.25, 0.3) is 10.8 Å². The van der Waals surface area contributed by atoms with Crippen molar-refractivity contribution < 1.29 is 24.0 Å². The summed E-state index contributed by atoms with van der Waals surface area (Å²) in [6.45, 7) is 0.257. The van der Waals surface area contributed by atoms with Gasteiger partial charge in [0.05, 0.1) is 0 Å². The van der Waals surface area contributed by atoms with Crippen molar-refractivity contribution in [1.82, 2.24) is 4.98 Å². The van der Waals surface area contributed by atoms with Crippen LogP contribution in [0.2, 0.25) is 0 Å². The number of carboxylic acids is 1. The number of hydrogen-bond acceptors (Lipinski definition) is 7. The van der Waals surface area contributed by atoms with E-state index in [0.717, 1.165) is 27.5 Å². The Morgan fingerprint density at radius 3 is 2.09 bits per heavy atom. The Morgan fingerprint density at radius 2 is 1.49 bits per heavy atom. The number of carbonyl (C=O) groups is 1. The minimum atomic E-state index is -1.24. The number of oxime groups is 1. The first-order valence-corrected chi connectivity index (χ1v) is 15.3. The molecular formula is C36H31N4O4S+. The average Bonchev–Trinajstić information content (AvgIpc) is 3.54. The molecule has 4 aromatic carbocycles. The lowest BCUT2D eigenvalue weighted by molar-refractivity contribution is -0.670. The van der Waals surface area contributed by atoms with E-state index in [1.165, 1.54) is 11.3 Å². The maximum absolute atomic E-state index is 12.2. The number of carboxylic acid groups (broad SMARTS) is 1. The van der Waals surface area contributed by atoms with E-state index in [0.29, 0.717) is 10.9 Å². The molecule has 2 N–H and O–H groups in total. The van der Waals surface area contributed by atoms with Gasteiger partial charge in [-0.2, -0.15) is 0 Å². The minimum absolute atomic E-state index is 0.0624. The van der Waals surface area contributed by atoms with Gasteiger partial charge in [0, 0.05) is 16.8 Å². The number of hydrogen-bond donors (Lipinski definition) is 2. The number of anilines is 1. The van der Waals surface area contributed by atoms with Crippen molar-refractivity contribution in [2.24, 2.45) is 12.2 Å². The van der Waals surface area contributed by atoms with Crippen LogP contribution in [0.4, 0.5) is 5.13 Å². The molecule has 2 aromatic heterocycles. The quantitative estimate of drug-likeness (QED) is 0.0543. The van der Waals surface area contributed by atoms with E-state index in [4.69, 9.17) is 9.57 Å². The monoisotopic (exact) mass is 615 g/mol. The maximum Gasteiger partial charge on any atom is 0.360 e. The SMILES string of the molecule is C[n+]1ccc2cc(OCCO/N=C(\C(=O)O)c3csc(NC(c4ccccc4)(c4ccccc4)c4ccccc4)n3)ccc2c1. The molecule has 0 aliphatic carbocycles. The van der Waals surface area contributed by atoms with Gasteiger partial charge < -0.3 is 20.0 Å². The van der Waals surface area contributed by atoms with E-state index in [9.17, 15) is 9.90 Å². The van der Waals surface area contributed by atoms with Crippen LogP contribution in [0.5, 0.6) is 5.75 Å². The van der Waals surface area contributed by atoms with Gasteiger partial charge in [0.25, 0.3) is 0 Å². The minimum Gasteiger partial charge on any atom is -0.490 e. The molecule has 45 heavy (non-hydrogen) atoms. The number of nitrogens with zero attached hydrogens (tertiary/aromatic N) is 3. The predicted octanol–water partition coefficient (Wildman–Crippen LogP) is 6.41. The van der Waals surface area contributed by atoms with Gasteiger partial charge in [0.1, 0.15) is 30.6 Å². The van der Waals surface area contributed by atoms with Gasteiger partial charge in [0.15, 0.2) is 24.1 Å². The fraction of sp³-hybridized carbons (Fsp3) is 0.111. The number of rotatable bonds is 12. The van der Waals surface area contributed by atoms with Gasteiger partial charge in [0.2, 0.25) is 5.71 Å². The first-order chi connectivity index (χ1) is 22.0. The van der Waals surface area contributed by atoms with Gasteiger partial charge in [-0.25, -0.2) is 14.3 Å². The smallest absolute Gasteiger partial charge is 0.360 e. The summed E-state index contributed by atoms with van der Waals surface area (Å²) in [6, 6.07) is 38.2. The van der Waals surface area contributed by atoms with Crippen molar-refractivity contribution in [3.8, 4) is 5.75 Å². The number of aliphatic carboxylic acids is 1. The fourth-order valence-corrected chi connectivity index (χ4v) is 6.00. The Labute approximate surface area is 264 Å². The number of aryl methyl sites for hydroxylation is 1. The molecule has 0 saturated carbocycles.